The number of carbonyl (C=O) groups is 1. The number of nitrogens with two attached hydrogens (primary N) is 2. The summed E-state index contributed by atoms with van der Waals surface area (Å²) in [5, 5.41) is 10.0. The second kappa shape index (κ2) is 8.90. The van der Waals surface area contributed by atoms with Crippen molar-refractivity contribution in [1.82, 2.24) is 9.88 Å². The maximum absolute atomic E-state index is 12.1. The minimum Gasteiger partial charge on any atom is -0.507 e. The summed E-state index contributed by atoms with van der Waals surface area (Å²) in [4.78, 5) is 17.2. The first-order chi connectivity index (χ1) is 13.9. The predicted octanol–water partition coefficient (Wildman–Crippen LogP) is 3.68. The third kappa shape index (κ3) is 4.47. The Bertz CT molecular complexity index is 915. The van der Waals surface area contributed by atoms with Crippen LogP contribution in [0.4, 0.5) is 5.82 Å². The third-order valence-corrected chi connectivity index (χ3v) is 5.81. The topological polar surface area (TPSA) is 108 Å². The minimum atomic E-state index is -0.0248. The molecule has 1 aliphatic carbocycles. The van der Waals surface area contributed by atoms with E-state index >= 15 is 0 Å². The normalized spacial score (nSPS) is 19.3. The molecule has 6 nitrogen and oxygen atoms in total. The zero-order valence-electron chi connectivity index (χ0n) is 16.9. The number of hydrogen-bond acceptors (Lipinski definition) is 4. The Hall–Kier alpha value is -3.15. The molecule has 3 rings (SSSR count). The van der Waals surface area contributed by atoms with Crippen LogP contribution in [-0.2, 0) is 4.79 Å². The number of hydrogen-bond donors (Lipinski definition) is 4. The molecule has 1 heterocycles. The Morgan fingerprint density at radius 1 is 1.38 bits per heavy atom. The summed E-state index contributed by atoms with van der Waals surface area (Å²) in [6, 6.07) is 9.00. The van der Waals surface area contributed by atoms with Gasteiger partial charge in [0.1, 0.15) is 11.6 Å². The zero-order chi connectivity index (χ0) is 21.0. The third-order valence-electron chi connectivity index (χ3n) is 5.81. The van der Waals surface area contributed by atoms with Gasteiger partial charge >= 0.3 is 0 Å². The number of amides is 1. The smallest absolute Gasteiger partial charge is 0.245 e. The summed E-state index contributed by atoms with van der Waals surface area (Å²) < 4.78 is 0. The number of para-hydroxylation sites is 1. The summed E-state index contributed by atoms with van der Waals surface area (Å²) in [6.07, 6.45) is 6.43. The molecule has 6 N–H and O–H groups in total. The molecule has 1 amide bonds. The summed E-state index contributed by atoms with van der Waals surface area (Å²) in [6.45, 7) is 6.98. The first-order valence-electron chi connectivity index (χ1n) is 10.1. The number of H-pyrrole nitrogens is 1. The molecule has 0 spiro atoms. The molecule has 29 heavy (non-hydrogen) atoms. The van der Waals surface area contributed by atoms with E-state index in [0.29, 0.717) is 35.5 Å². The van der Waals surface area contributed by atoms with Gasteiger partial charge in [0.2, 0.25) is 5.91 Å². The van der Waals surface area contributed by atoms with Crippen molar-refractivity contribution >= 4 is 23.5 Å². The van der Waals surface area contributed by atoms with Gasteiger partial charge in [-0.1, -0.05) is 25.1 Å². The number of aromatic nitrogens is 1. The number of nitrogens with one attached hydrogen (secondary N) is 1. The van der Waals surface area contributed by atoms with Gasteiger partial charge in [-0.05, 0) is 56.0 Å². The Morgan fingerprint density at radius 3 is 2.83 bits per heavy atom. The van der Waals surface area contributed by atoms with Crippen LogP contribution in [0.2, 0.25) is 0 Å². The number of carbonyl (C=O) groups excluding carboxylic acids is 1. The average Bonchev–Trinajstić information content (AvgIpc) is 3.32. The number of phenols is 1. The first kappa shape index (κ1) is 20.6. The summed E-state index contributed by atoms with van der Waals surface area (Å²) in [5.74, 6) is 1.36. The number of anilines is 1. The molecule has 0 aliphatic heterocycles. The van der Waals surface area contributed by atoms with E-state index in [1.165, 1.54) is 6.08 Å². The fourth-order valence-electron chi connectivity index (χ4n) is 4.24. The second-order valence-electron chi connectivity index (χ2n) is 7.59. The molecule has 154 valence electrons. The van der Waals surface area contributed by atoms with E-state index in [4.69, 9.17) is 11.5 Å². The maximum atomic E-state index is 12.1. The molecule has 2 unspecified atom stereocenters. The van der Waals surface area contributed by atoms with E-state index in [9.17, 15) is 9.90 Å². The maximum Gasteiger partial charge on any atom is 0.245 e. The van der Waals surface area contributed by atoms with E-state index in [0.717, 1.165) is 37.1 Å². The lowest BCUT2D eigenvalue weighted by Gasteiger charge is -2.26. The molecular formula is C23H30N4O2. The van der Waals surface area contributed by atoms with E-state index in [-0.39, 0.29) is 11.7 Å². The molecular weight excluding hydrogens is 364 g/mol. The highest BCUT2D eigenvalue weighted by atomic mass is 16.3. The SMILES string of the molecule is C=CC(=O)N(CC)CC1CCCC1c1cc(/C=C(\N)c2ccccc2O)c(N)[nH]1. The number of nitrogen functional groups attached to an aromatic ring is 1. The predicted molar refractivity (Wildman–Crippen MR) is 118 cm³/mol. The number of nitrogens with zero attached hydrogens (tertiary/aromatic N) is 1. The molecule has 0 bridgehead atoms. The molecule has 1 aromatic heterocycles. The number of rotatable bonds is 7. The van der Waals surface area contributed by atoms with Gasteiger partial charge in [0.15, 0.2) is 0 Å². The molecule has 2 aromatic rings. The Balaban J connectivity index is 1.82. The van der Waals surface area contributed by atoms with Gasteiger partial charge in [0.25, 0.3) is 0 Å². The first-order valence-corrected chi connectivity index (χ1v) is 10.1. The summed E-state index contributed by atoms with van der Waals surface area (Å²) in [5.41, 5.74) is 15.3. The van der Waals surface area contributed by atoms with Crippen LogP contribution >= 0.6 is 0 Å². The number of benzene rings is 1. The second-order valence-corrected chi connectivity index (χ2v) is 7.59. The van der Waals surface area contributed by atoms with Crippen LogP contribution < -0.4 is 11.5 Å². The molecule has 1 aliphatic rings. The fraction of sp³-hybridized carbons (Fsp3) is 0.348. The summed E-state index contributed by atoms with van der Waals surface area (Å²) >= 11 is 0. The lowest BCUT2D eigenvalue weighted by atomic mass is 9.92. The minimum absolute atomic E-state index is 0.0248. The van der Waals surface area contributed by atoms with E-state index in [2.05, 4.69) is 11.6 Å². The molecule has 2 atom stereocenters. The van der Waals surface area contributed by atoms with Crippen molar-refractivity contribution in [3.63, 3.8) is 0 Å². The number of aromatic hydroxyl groups is 1. The van der Waals surface area contributed by atoms with Crippen LogP contribution in [0.5, 0.6) is 5.75 Å². The number of likely N-dealkylation sites (N-methyl/N-ethyl adjacent to an activating group) is 1. The summed E-state index contributed by atoms with van der Waals surface area (Å²) in [7, 11) is 0. The molecule has 1 fully saturated rings. The largest absolute Gasteiger partial charge is 0.507 e. The van der Waals surface area contributed by atoms with Crippen LogP contribution in [0.15, 0.2) is 43.0 Å². The molecule has 1 aromatic carbocycles. The van der Waals surface area contributed by atoms with Crippen molar-refractivity contribution < 1.29 is 9.90 Å². The van der Waals surface area contributed by atoms with Gasteiger partial charge in [0, 0.05) is 41.5 Å². The lowest BCUT2D eigenvalue weighted by Crippen LogP contribution is -2.34. The highest BCUT2D eigenvalue weighted by Crippen LogP contribution is 2.41. The standard InChI is InChI=1S/C23H30N4O2/c1-3-22(29)27(4-2)14-15-8-7-10-17(15)20-13-16(23(25)26-20)12-19(24)18-9-5-6-11-21(18)28/h3,5-6,9,11-13,15,17,26,28H,1,4,7-8,10,14,24-25H2,2H3/b19-12-. The van der Waals surface area contributed by atoms with Gasteiger partial charge in [-0.2, -0.15) is 0 Å². The van der Waals surface area contributed by atoms with Gasteiger partial charge < -0.3 is 26.5 Å². The van der Waals surface area contributed by atoms with Gasteiger partial charge in [-0.3, -0.25) is 4.79 Å². The van der Waals surface area contributed by atoms with Gasteiger partial charge in [-0.15, -0.1) is 0 Å². The molecule has 1 saturated carbocycles. The van der Waals surface area contributed by atoms with Crippen molar-refractivity contribution in [2.24, 2.45) is 11.7 Å². The highest BCUT2D eigenvalue weighted by Gasteiger charge is 2.32. The van der Waals surface area contributed by atoms with Crippen LogP contribution in [0, 0.1) is 5.92 Å². The monoisotopic (exact) mass is 394 g/mol. The van der Waals surface area contributed by atoms with Crippen LogP contribution in [0.1, 0.15) is 48.9 Å². The molecule has 6 heteroatoms. The van der Waals surface area contributed by atoms with Crippen LogP contribution in [0.25, 0.3) is 11.8 Å². The van der Waals surface area contributed by atoms with Crippen LogP contribution in [0.3, 0.4) is 0 Å². The van der Waals surface area contributed by atoms with Gasteiger partial charge in [0.05, 0.1) is 0 Å². The Kier molecular flexibility index (Phi) is 6.32. The highest BCUT2D eigenvalue weighted by molar-refractivity contribution is 5.87. The zero-order valence-corrected chi connectivity index (χ0v) is 16.9. The average molecular weight is 395 g/mol. The van der Waals surface area contributed by atoms with Crippen molar-refractivity contribution in [2.75, 3.05) is 18.8 Å². The van der Waals surface area contributed by atoms with E-state index in [1.807, 2.05) is 24.0 Å². The van der Waals surface area contributed by atoms with Crippen LogP contribution in [-0.4, -0.2) is 34.0 Å². The van der Waals surface area contributed by atoms with E-state index in [1.54, 1.807) is 24.3 Å². The Morgan fingerprint density at radius 2 is 2.14 bits per heavy atom. The quantitative estimate of drug-likeness (QED) is 0.537. The van der Waals surface area contributed by atoms with Crippen molar-refractivity contribution in [1.29, 1.82) is 0 Å². The van der Waals surface area contributed by atoms with Crippen molar-refractivity contribution in [2.45, 2.75) is 32.1 Å². The molecule has 0 saturated heterocycles. The Labute approximate surface area is 171 Å². The number of phenolic OH excluding ortho intramolecular Hbond substituents is 1. The van der Waals surface area contributed by atoms with E-state index < -0.39 is 0 Å². The fourth-order valence-corrected chi connectivity index (χ4v) is 4.24. The van der Waals surface area contributed by atoms with Crippen molar-refractivity contribution in [3.8, 4) is 5.75 Å². The molecule has 0 radical (unpaired) electrons. The van der Waals surface area contributed by atoms with Crippen molar-refractivity contribution in [3.05, 3.63) is 59.8 Å². The lowest BCUT2D eigenvalue weighted by molar-refractivity contribution is -0.126. The van der Waals surface area contributed by atoms with Gasteiger partial charge in [-0.25, -0.2) is 0 Å². The number of aromatic amines is 1.